The average Bonchev–Trinajstić information content (AvgIpc) is 3.14. The number of benzene rings is 2. The molecule has 0 spiro atoms. The zero-order chi connectivity index (χ0) is 25.1. The van der Waals surface area contributed by atoms with Crippen molar-refractivity contribution in [2.75, 3.05) is 13.2 Å². The molecule has 0 saturated heterocycles. The fraction of sp³-hybridized carbons (Fsp3) is 0.269. The standard InChI is InChI=1S/C26H24Cl2N2O4S/c1-4-12-34-18-9-7-17(8-10-18)23-22(25(32)33-5-2)15(3)29-26-30(23)24(31)21(35-26)14-16-6-11-19(27)20(28)13-16/h6-11,13-14,23H,4-5,12H2,1-3H3. The second-order valence-corrected chi connectivity index (χ2v) is 9.72. The number of allylic oxidation sites excluding steroid dienone is 1. The molecule has 35 heavy (non-hydrogen) atoms. The molecule has 1 atom stereocenters. The molecule has 0 radical (unpaired) electrons. The van der Waals surface area contributed by atoms with E-state index in [1.807, 2.05) is 31.2 Å². The van der Waals surface area contributed by atoms with Crippen LogP contribution in [0.2, 0.25) is 10.0 Å². The lowest BCUT2D eigenvalue weighted by Gasteiger charge is -2.24. The fourth-order valence-electron chi connectivity index (χ4n) is 3.83. The second-order valence-electron chi connectivity index (χ2n) is 7.89. The first-order valence-corrected chi connectivity index (χ1v) is 12.8. The first-order chi connectivity index (χ1) is 16.8. The summed E-state index contributed by atoms with van der Waals surface area (Å²) in [5.74, 6) is 0.227. The lowest BCUT2D eigenvalue weighted by molar-refractivity contribution is -0.139. The van der Waals surface area contributed by atoms with Crippen molar-refractivity contribution >= 4 is 46.6 Å². The van der Waals surface area contributed by atoms with Gasteiger partial charge < -0.3 is 9.47 Å². The van der Waals surface area contributed by atoms with Gasteiger partial charge in [0.1, 0.15) is 5.75 Å². The van der Waals surface area contributed by atoms with Crippen LogP contribution in [0.3, 0.4) is 0 Å². The van der Waals surface area contributed by atoms with Crippen LogP contribution < -0.4 is 19.6 Å². The van der Waals surface area contributed by atoms with Crippen molar-refractivity contribution in [3.05, 3.63) is 94.6 Å². The molecule has 6 nitrogen and oxygen atoms in total. The van der Waals surface area contributed by atoms with Gasteiger partial charge in [-0.1, -0.05) is 59.7 Å². The van der Waals surface area contributed by atoms with Crippen LogP contribution in [0, 0.1) is 0 Å². The van der Waals surface area contributed by atoms with Crippen molar-refractivity contribution in [3.63, 3.8) is 0 Å². The number of esters is 1. The maximum Gasteiger partial charge on any atom is 0.338 e. The van der Waals surface area contributed by atoms with Crippen LogP contribution in [0.15, 0.2) is 63.5 Å². The van der Waals surface area contributed by atoms with Gasteiger partial charge in [-0.3, -0.25) is 9.36 Å². The Morgan fingerprint density at radius 2 is 1.89 bits per heavy atom. The van der Waals surface area contributed by atoms with E-state index in [4.69, 9.17) is 32.7 Å². The molecule has 3 aromatic rings. The first-order valence-electron chi connectivity index (χ1n) is 11.2. The summed E-state index contributed by atoms with van der Waals surface area (Å²) in [7, 11) is 0. The van der Waals surface area contributed by atoms with Crippen LogP contribution in [-0.2, 0) is 9.53 Å². The molecule has 0 aliphatic carbocycles. The Balaban J connectivity index is 1.88. The Labute approximate surface area is 216 Å². The molecule has 2 heterocycles. The minimum atomic E-state index is -0.679. The number of carbonyl (C=O) groups is 1. The molecule has 182 valence electrons. The highest BCUT2D eigenvalue weighted by molar-refractivity contribution is 7.07. The van der Waals surface area contributed by atoms with Crippen LogP contribution in [0.5, 0.6) is 5.75 Å². The molecule has 1 unspecified atom stereocenters. The van der Waals surface area contributed by atoms with Crippen molar-refractivity contribution in [2.45, 2.75) is 33.2 Å². The van der Waals surface area contributed by atoms with Crippen molar-refractivity contribution in [1.82, 2.24) is 4.57 Å². The predicted octanol–water partition coefficient (Wildman–Crippen LogP) is 4.89. The number of nitrogens with zero attached hydrogens (tertiary/aromatic N) is 2. The third-order valence-corrected chi connectivity index (χ3v) is 7.15. The van der Waals surface area contributed by atoms with Gasteiger partial charge in [0.2, 0.25) is 0 Å². The predicted molar refractivity (Wildman–Crippen MR) is 139 cm³/mol. The molecule has 9 heteroatoms. The number of ether oxygens (including phenoxy) is 2. The molecule has 1 aliphatic rings. The Kier molecular flexibility index (Phi) is 7.79. The third-order valence-electron chi connectivity index (χ3n) is 5.43. The maximum atomic E-state index is 13.6. The van der Waals surface area contributed by atoms with E-state index in [0.717, 1.165) is 23.3 Å². The minimum Gasteiger partial charge on any atom is -0.494 e. The van der Waals surface area contributed by atoms with E-state index in [1.165, 1.54) is 11.3 Å². The Hall–Kier alpha value is -2.87. The molecule has 0 bridgehead atoms. The Bertz CT molecular complexity index is 1470. The molecule has 1 aromatic heterocycles. The quantitative estimate of drug-likeness (QED) is 0.407. The minimum absolute atomic E-state index is 0.216. The third kappa shape index (κ3) is 5.22. The summed E-state index contributed by atoms with van der Waals surface area (Å²) in [6.07, 6.45) is 2.64. The number of hydrogen-bond acceptors (Lipinski definition) is 6. The van der Waals surface area contributed by atoms with Crippen LogP contribution in [0.25, 0.3) is 6.08 Å². The van der Waals surface area contributed by atoms with Crippen LogP contribution in [0.1, 0.15) is 44.4 Å². The molecular weight excluding hydrogens is 507 g/mol. The zero-order valence-electron chi connectivity index (χ0n) is 19.5. The van der Waals surface area contributed by atoms with Crippen molar-refractivity contribution in [3.8, 4) is 5.75 Å². The van der Waals surface area contributed by atoms with Crippen LogP contribution in [-0.4, -0.2) is 23.8 Å². The SMILES string of the molecule is CCCOc1ccc(C2C(C(=O)OCC)=C(C)N=c3sc(=Cc4ccc(Cl)c(Cl)c4)c(=O)n32)cc1. The Morgan fingerprint density at radius 1 is 1.14 bits per heavy atom. The van der Waals surface area contributed by atoms with Gasteiger partial charge in [0.25, 0.3) is 5.56 Å². The van der Waals surface area contributed by atoms with E-state index in [-0.39, 0.29) is 12.2 Å². The van der Waals surface area contributed by atoms with E-state index in [0.29, 0.717) is 37.3 Å². The molecule has 1 aliphatic heterocycles. The van der Waals surface area contributed by atoms with Gasteiger partial charge in [-0.15, -0.1) is 0 Å². The van der Waals surface area contributed by atoms with Gasteiger partial charge in [-0.2, -0.15) is 0 Å². The highest BCUT2D eigenvalue weighted by atomic mass is 35.5. The molecule has 0 saturated carbocycles. The first kappa shape index (κ1) is 25.2. The Morgan fingerprint density at radius 3 is 2.54 bits per heavy atom. The van der Waals surface area contributed by atoms with Gasteiger partial charge in [0.15, 0.2) is 4.80 Å². The lowest BCUT2D eigenvalue weighted by Crippen LogP contribution is -2.39. The number of halogens is 2. The summed E-state index contributed by atoms with van der Waals surface area (Å²) in [5.41, 5.74) is 2.09. The van der Waals surface area contributed by atoms with Crippen LogP contribution >= 0.6 is 34.5 Å². The van der Waals surface area contributed by atoms with Crippen molar-refractivity contribution in [2.24, 2.45) is 4.99 Å². The fourth-order valence-corrected chi connectivity index (χ4v) is 5.18. The van der Waals surface area contributed by atoms with Gasteiger partial charge in [-0.25, -0.2) is 9.79 Å². The molecule has 0 amide bonds. The summed E-state index contributed by atoms with van der Waals surface area (Å²) in [5, 5.41) is 0.836. The highest BCUT2D eigenvalue weighted by Crippen LogP contribution is 2.31. The number of aromatic nitrogens is 1. The number of hydrogen-bond donors (Lipinski definition) is 0. The number of rotatable bonds is 7. The zero-order valence-corrected chi connectivity index (χ0v) is 21.8. The topological polar surface area (TPSA) is 69.9 Å². The van der Waals surface area contributed by atoms with E-state index >= 15 is 0 Å². The molecular formula is C26H24Cl2N2O4S. The number of fused-ring (bicyclic) bond motifs is 1. The normalized spacial score (nSPS) is 15.6. The van der Waals surface area contributed by atoms with Gasteiger partial charge >= 0.3 is 5.97 Å². The van der Waals surface area contributed by atoms with E-state index in [1.54, 1.807) is 42.7 Å². The van der Waals surface area contributed by atoms with E-state index in [9.17, 15) is 9.59 Å². The van der Waals surface area contributed by atoms with Gasteiger partial charge in [0.05, 0.1) is 45.1 Å². The monoisotopic (exact) mass is 530 g/mol. The smallest absolute Gasteiger partial charge is 0.338 e. The highest BCUT2D eigenvalue weighted by Gasteiger charge is 2.33. The largest absolute Gasteiger partial charge is 0.494 e. The average molecular weight is 531 g/mol. The van der Waals surface area contributed by atoms with Crippen molar-refractivity contribution in [1.29, 1.82) is 0 Å². The summed E-state index contributed by atoms with van der Waals surface area (Å²) >= 11 is 13.4. The second kappa shape index (κ2) is 10.8. The van der Waals surface area contributed by atoms with Crippen LogP contribution in [0.4, 0.5) is 0 Å². The maximum absolute atomic E-state index is 13.6. The summed E-state index contributed by atoms with van der Waals surface area (Å²) in [6, 6.07) is 11.9. The van der Waals surface area contributed by atoms with Crippen molar-refractivity contribution < 1.29 is 14.3 Å². The summed E-state index contributed by atoms with van der Waals surface area (Å²) in [4.78, 5) is 31.7. The van der Waals surface area contributed by atoms with E-state index < -0.39 is 12.0 Å². The summed E-state index contributed by atoms with van der Waals surface area (Å²) < 4.78 is 13.0. The number of carbonyl (C=O) groups excluding carboxylic acids is 1. The summed E-state index contributed by atoms with van der Waals surface area (Å²) in [6.45, 7) is 6.37. The lowest BCUT2D eigenvalue weighted by atomic mass is 9.96. The molecule has 4 rings (SSSR count). The van der Waals surface area contributed by atoms with E-state index in [2.05, 4.69) is 4.99 Å². The molecule has 0 N–H and O–H groups in total. The molecule has 2 aromatic carbocycles. The molecule has 0 fully saturated rings. The van der Waals surface area contributed by atoms with Gasteiger partial charge in [-0.05, 0) is 61.7 Å². The van der Waals surface area contributed by atoms with Gasteiger partial charge in [0, 0.05) is 0 Å². The number of thiazole rings is 1.